The standard InChI is InChI=1S/C33H34FN7/c1-4-8-26(24-17-23(18-25(34)19-24)9-7-16-41-14-5-6-15-41)30-22(3)36-33(38-30)32-31-29(39-40-32)11-10-28(37-31)27-20-35-13-12-21(27)2/h4,8,10-13,17-20H,1,5-7,9,14-16H2,2-3H3,(H,36,38)(H,39,40)/b26-8-. The topological polar surface area (TPSA) is 86.4 Å². The summed E-state index contributed by atoms with van der Waals surface area (Å²) in [4.78, 5) is 20.0. The molecule has 0 bridgehead atoms. The number of likely N-dealkylation sites (tertiary alicyclic amines) is 1. The van der Waals surface area contributed by atoms with Crippen LogP contribution in [0.5, 0.6) is 0 Å². The van der Waals surface area contributed by atoms with Gasteiger partial charge in [0.2, 0.25) is 0 Å². The van der Waals surface area contributed by atoms with E-state index < -0.39 is 0 Å². The Labute approximate surface area is 239 Å². The number of nitrogens with one attached hydrogen (secondary N) is 2. The predicted molar refractivity (Wildman–Crippen MR) is 162 cm³/mol. The summed E-state index contributed by atoms with van der Waals surface area (Å²) >= 11 is 0. The van der Waals surface area contributed by atoms with Gasteiger partial charge in [0.1, 0.15) is 11.3 Å². The Balaban J connectivity index is 1.32. The van der Waals surface area contributed by atoms with Gasteiger partial charge in [0, 0.05) is 29.2 Å². The first-order valence-corrected chi connectivity index (χ1v) is 14.2. The Kier molecular flexibility index (Phi) is 7.57. The highest BCUT2D eigenvalue weighted by atomic mass is 19.1. The molecule has 208 valence electrons. The van der Waals surface area contributed by atoms with Crippen molar-refractivity contribution in [2.75, 3.05) is 19.6 Å². The highest BCUT2D eigenvalue weighted by molar-refractivity contribution is 5.90. The van der Waals surface area contributed by atoms with Gasteiger partial charge in [-0.05, 0) is 106 Å². The van der Waals surface area contributed by atoms with Gasteiger partial charge in [-0.1, -0.05) is 24.8 Å². The molecule has 0 saturated carbocycles. The maximum absolute atomic E-state index is 14.9. The first-order chi connectivity index (χ1) is 20.0. The Morgan fingerprint density at radius 3 is 2.76 bits per heavy atom. The summed E-state index contributed by atoms with van der Waals surface area (Å²) in [7, 11) is 0. The van der Waals surface area contributed by atoms with Crippen LogP contribution in [0.3, 0.4) is 0 Å². The number of pyridine rings is 2. The second-order valence-corrected chi connectivity index (χ2v) is 10.7. The number of halogens is 1. The van der Waals surface area contributed by atoms with Crippen molar-refractivity contribution in [2.45, 2.75) is 39.5 Å². The summed E-state index contributed by atoms with van der Waals surface area (Å²) in [6, 6.07) is 11.2. The highest BCUT2D eigenvalue weighted by Gasteiger charge is 2.20. The number of hydrogen-bond acceptors (Lipinski definition) is 5. The van der Waals surface area contributed by atoms with Crippen molar-refractivity contribution < 1.29 is 4.39 Å². The zero-order chi connectivity index (χ0) is 28.3. The first kappa shape index (κ1) is 26.8. The average molecular weight is 548 g/mol. The van der Waals surface area contributed by atoms with Gasteiger partial charge in [0.05, 0.1) is 16.9 Å². The number of aryl methyl sites for hydroxylation is 3. The van der Waals surface area contributed by atoms with E-state index in [1.54, 1.807) is 24.4 Å². The Hall–Kier alpha value is -4.43. The largest absolute Gasteiger partial charge is 0.340 e. The molecule has 0 unspecified atom stereocenters. The van der Waals surface area contributed by atoms with Crippen LogP contribution >= 0.6 is 0 Å². The number of nitrogens with zero attached hydrogens (tertiary/aromatic N) is 5. The maximum atomic E-state index is 14.9. The van der Waals surface area contributed by atoms with E-state index in [0.29, 0.717) is 17.0 Å². The number of aromatic nitrogens is 6. The van der Waals surface area contributed by atoms with E-state index in [0.717, 1.165) is 69.8 Å². The molecule has 6 rings (SSSR count). The van der Waals surface area contributed by atoms with Crippen molar-refractivity contribution in [3.05, 3.63) is 101 Å². The third-order valence-corrected chi connectivity index (χ3v) is 7.78. The SMILES string of the molecule is C=C/C=C(/c1cc(F)cc(CCCN2CCCC2)c1)c1nc(-c2n[nH]c3ccc(-c4cnccc4C)nc23)[nH]c1C. The van der Waals surface area contributed by atoms with E-state index in [9.17, 15) is 4.39 Å². The van der Waals surface area contributed by atoms with Gasteiger partial charge in [0.15, 0.2) is 11.5 Å². The zero-order valence-corrected chi connectivity index (χ0v) is 23.5. The molecule has 1 aliphatic heterocycles. The smallest absolute Gasteiger partial charge is 0.161 e. The van der Waals surface area contributed by atoms with Gasteiger partial charge in [-0.3, -0.25) is 10.1 Å². The molecule has 5 aromatic rings. The van der Waals surface area contributed by atoms with Crippen LogP contribution < -0.4 is 0 Å². The number of hydrogen-bond donors (Lipinski definition) is 2. The van der Waals surface area contributed by atoms with E-state index in [4.69, 9.17) is 9.97 Å². The lowest BCUT2D eigenvalue weighted by atomic mass is 9.97. The number of H-pyrrole nitrogens is 2. The molecule has 0 atom stereocenters. The van der Waals surface area contributed by atoms with Crippen LogP contribution in [0.15, 0.2) is 67.5 Å². The molecule has 41 heavy (non-hydrogen) atoms. The van der Waals surface area contributed by atoms with Gasteiger partial charge < -0.3 is 9.88 Å². The molecular weight excluding hydrogens is 513 g/mol. The van der Waals surface area contributed by atoms with Crippen molar-refractivity contribution in [2.24, 2.45) is 0 Å². The summed E-state index contributed by atoms with van der Waals surface area (Å²) in [5, 5.41) is 7.63. The van der Waals surface area contributed by atoms with Crippen molar-refractivity contribution in [1.82, 2.24) is 35.0 Å². The molecule has 5 heterocycles. The van der Waals surface area contributed by atoms with Gasteiger partial charge in [-0.25, -0.2) is 14.4 Å². The Morgan fingerprint density at radius 1 is 1.10 bits per heavy atom. The molecule has 0 spiro atoms. The fourth-order valence-electron chi connectivity index (χ4n) is 5.67. The van der Waals surface area contributed by atoms with E-state index in [2.05, 4.69) is 37.7 Å². The number of allylic oxidation sites excluding steroid dienone is 2. The van der Waals surface area contributed by atoms with Crippen molar-refractivity contribution in [1.29, 1.82) is 0 Å². The van der Waals surface area contributed by atoms with Gasteiger partial charge in [0.25, 0.3) is 0 Å². The van der Waals surface area contributed by atoms with E-state index in [-0.39, 0.29) is 5.82 Å². The molecule has 2 N–H and O–H groups in total. The highest BCUT2D eigenvalue weighted by Crippen LogP contribution is 2.32. The van der Waals surface area contributed by atoms with Crippen molar-refractivity contribution in [3.8, 4) is 22.8 Å². The number of aromatic amines is 2. The second-order valence-electron chi connectivity index (χ2n) is 10.7. The van der Waals surface area contributed by atoms with Crippen molar-refractivity contribution >= 4 is 16.6 Å². The van der Waals surface area contributed by atoms with Gasteiger partial charge in [-0.15, -0.1) is 0 Å². The summed E-state index contributed by atoms with van der Waals surface area (Å²) in [6.45, 7) is 11.3. The lowest BCUT2D eigenvalue weighted by molar-refractivity contribution is 0.334. The fourth-order valence-corrected chi connectivity index (χ4v) is 5.67. The third kappa shape index (κ3) is 5.60. The van der Waals surface area contributed by atoms with Gasteiger partial charge in [-0.2, -0.15) is 5.10 Å². The minimum Gasteiger partial charge on any atom is -0.340 e. The number of imidazole rings is 1. The summed E-state index contributed by atoms with van der Waals surface area (Å²) < 4.78 is 14.9. The quantitative estimate of drug-likeness (QED) is 0.198. The normalized spacial score (nSPS) is 14.3. The van der Waals surface area contributed by atoms with Crippen LogP contribution in [0, 0.1) is 19.7 Å². The average Bonchev–Trinajstić information content (AvgIpc) is 3.72. The molecule has 0 aliphatic carbocycles. The van der Waals surface area contributed by atoms with Crippen LogP contribution in [0.4, 0.5) is 4.39 Å². The van der Waals surface area contributed by atoms with Crippen molar-refractivity contribution in [3.63, 3.8) is 0 Å². The number of benzene rings is 1. The summed E-state index contributed by atoms with van der Waals surface area (Å²) in [5.74, 6) is 0.344. The lowest BCUT2D eigenvalue weighted by Gasteiger charge is -2.14. The lowest BCUT2D eigenvalue weighted by Crippen LogP contribution is -2.20. The summed E-state index contributed by atoms with van der Waals surface area (Å²) in [6.07, 6.45) is 11.6. The van der Waals surface area contributed by atoms with Crippen LogP contribution in [0.2, 0.25) is 0 Å². The Bertz CT molecular complexity index is 1740. The molecule has 1 fully saturated rings. The molecule has 1 saturated heterocycles. The third-order valence-electron chi connectivity index (χ3n) is 7.78. The number of fused-ring (bicyclic) bond motifs is 1. The van der Waals surface area contributed by atoms with E-state index in [1.165, 1.54) is 25.9 Å². The minimum absolute atomic E-state index is 0.247. The van der Waals surface area contributed by atoms with Crippen LogP contribution in [-0.2, 0) is 6.42 Å². The van der Waals surface area contributed by atoms with E-state index in [1.807, 2.05) is 44.3 Å². The fraction of sp³-hybridized carbons (Fsp3) is 0.273. The van der Waals surface area contributed by atoms with Crippen LogP contribution in [0.1, 0.15) is 47.3 Å². The molecule has 1 aromatic carbocycles. The summed E-state index contributed by atoms with van der Waals surface area (Å²) in [5.41, 5.74) is 9.18. The molecule has 8 heteroatoms. The van der Waals surface area contributed by atoms with Crippen LogP contribution in [-0.4, -0.2) is 54.7 Å². The minimum atomic E-state index is -0.247. The molecule has 4 aromatic heterocycles. The molecule has 7 nitrogen and oxygen atoms in total. The van der Waals surface area contributed by atoms with E-state index >= 15 is 0 Å². The molecule has 0 amide bonds. The van der Waals surface area contributed by atoms with Crippen LogP contribution in [0.25, 0.3) is 39.4 Å². The first-order valence-electron chi connectivity index (χ1n) is 14.2. The second kappa shape index (κ2) is 11.6. The van der Waals surface area contributed by atoms with Gasteiger partial charge >= 0.3 is 0 Å². The molecular formula is C33H34FN7. The maximum Gasteiger partial charge on any atom is 0.161 e. The number of rotatable bonds is 9. The zero-order valence-electron chi connectivity index (χ0n) is 23.5. The molecule has 1 aliphatic rings. The molecule has 0 radical (unpaired) electrons. The Morgan fingerprint density at radius 2 is 1.95 bits per heavy atom. The predicted octanol–water partition coefficient (Wildman–Crippen LogP) is 6.81. The monoisotopic (exact) mass is 547 g/mol.